The van der Waals surface area contributed by atoms with Crippen LogP contribution < -0.4 is 5.73 Å². The lowest BCUT2D eigenvalue weighted by atomic mass is 10.2. The molecule has 2 aromatic rings. The molecule has 6 nitrogen and oxygen atoms in total. The van der Waals surface area contributed by atoms with Crippen molar-refractivity contribution in [2.45, 2.75) is 6.54 Å². The van der Waals surface area contributed by atoms with Gasteiger partial charge >= 0.3 is 11.9 Å². The maximum atomic E-state index is 9.10. The second kappa shape index (κ2) is 6.21. The van der Waals surface area contributed by atoms with Crippen molar-refractivity contribution in [1.29, 1.82) is 0 Å². The second-order valence-corrected chi connectivity index (χ2v) is 4.15. The minimum absolute atomic E-state index is 0.558. The average Bonchev–Trinajstić information content (AvgIpc) is 2.66. The van der Waals surface area contributed by atoms with Crippen LogP contribution in [-0.2, 0) is 23.2 Å². The molecular weight excluding hydrogens is 272 g/mol. The lowest BCUT2D eigenvalue weighted by molar-refractivity contribution is -0.159. The number of halogens is 1. The number of carbonyl (C=O) groups is 2. The van der Waals surface area contributed by atoms with Gasteiger partial charge in [0.05, 0.1) is 0 Å². The van der Waals surface area contributed by atoms with Gasteiger partial charge in [-0.15, -0.1) is 0 Å². The van der Waals surface area contributed by atoms with E-state index < -0.39 is 11.9 Å². The largest absolute Gasteiger partial charge is 0.473 e. The molecule has 1 aromatic carbocycles. The molecule has 7 heteroatoms. The number of rotatable bonds is 1. The molecule has 1 heterocycles. The highest BCUT2D eigenvalue weighted by Gasteiger charge is 2.04. The minimum Gasteiger partial charge on any atom is -0.473 e. The highest BCUT2D eigenvalue weighted by Crippen LogP contribution is 2.22. The molecule has 0 bridgehead atoms. The fraction of sp³-hybridized carbons (Fsp3) is 0.167. The first-order chi connectivity index (χ1) is 8.86. The second-order valence-electron chi connectivity index (χ2n) is 3.71. The van der Waals surface area contributed by atoms with Crippen LogP contribution in [0.25, 0.3) is 10.9 Å². The molecular formula is C12H13ClN2O4. The van der Waals surface area contributed by atoms with Crippen molar-refractivity contribution in [3.8, 4) is 0 Å². The molecule has 0 radical (unpaired) electrons. The Bertz CT molecular complexity index is 609. The standard InChI is InChI=1S/C10H11ClN2.C2H2O4/c1-13-9(6-12)5-7-4-8(11)2-3-10(7)13;3-1(4)2(5)6/h2-5H,6,12H2,1H3;(H,3,4)(H,5,6). The van der Waals surface area contributed by atoms with Gasteiger partial charge in [0.1, 0.15) is 0 Å². The van der Waals surface area contributed by atoms with Crippen LogP contribution in [0.4, 0.5) is 0 Å². The molecule has 0 saturated heterocycles. The first-order valence-electron chi connectivity index (χ1n) is 5.27. The minimum atomic E-state index is -1.82. The summed E-state index contributed by atoms with van der Waals surface area (Å²) in [5, 5.41) is 16.7. The molecule has 0 saturated carbocycles. The topological polar surface area (TPSA) is 106 Å². The third-order valence-electron chi connectivity index (χ3n) is 2.50. The lowest BCUT2D eigenvalue weighted by Gasteiger charge is -1.99. The van der Waals surface area contributed by atoms with Crippen LogP contribution in [0.2, 0.25) is 5.02 Å². The Morgan fingerprint density at radius 2 is 1.84 bits per heavy atom. The Balaban J connectivity index is 0.000000258. The van der Waals surface area contributed by atoms with Crippen molar-refractivity contribution in [2.24, 2.45) is 12.8 Å². The van der Waals surface area contributed by atoms with Crippen LogP contribution in [0.3, 0.4) is 0 Å². The predicted octanol–water partition coefficient (Wildman–Crippen LogP) is 1.45. The summed E-state index contributed by atoms with van der Waals surface area (Å²) in [7, 11) is 2.01. The summed E-state index contributed by atoms with van der Waals surface area (Å²) in [4.78, 5) is 18.2. The SMILES string of the molecule is Cn1c(CN)cc2cc(Cl)ccc21.O=C(O)C(=O)O. The number of aromatic nitrogens is 1. The summed E-state index contributed by atoms with van der Waals surface area (Å²) < 4.78 is 2.09. The monoisotopic (exact) mass is 284 g/mol. The molecule has 2 rings (SSSR count). The number of nitrogens with zero attached hydrogens (tertiary/aromatic N) is 1. The molecule has 4 N–H and O–H groups in total. The van der Waals surface area contributed by atoms with Crippen molar-refractivity contribution in [3.05, 3.63) is 35.0 Å². The van der Waals surface area contributed by atoms with Crippen molar-refractivity contribution >= 4 is 34.4 Å². The molecule has 19 heavy (non-hydrogen) atoms. The summed E-state index contributed by atoms with van der Waals surface area (Å²) in [6.45, 7) is 0.558. The van der Waals surface area contributed by atoms with Gasteiger partial charge in [0.2, 0.25) is 0 Å². The molecule has 0 aliphatic heterocycles. The number of carboxylic acid groups (broad SMARTS) is 2. The van der Waals surface area contributed by atoms with Gasteiger partial charge in [-0.05, 0) is 24.3 Å². The van der Waals surface area contributed by atoms with Gasteiger partial charge in [-0.2, -0.15) is 0 Å². The van der Waals surface area contributed by atoms with Gasteiger partial charge in [0.15, 0.2) is 0 Å². The quantitative estimate of drug-likeness (QED) is 0.687. The highest BCUT2D eigenvalue weighted by molar-refractivity contribution is 6.31. The summed E-state index contributed by atoms with van der Waals surface area (Å²) in [6, 6.07) is 7.93. The number of fused-ring (bicyclic) bond motifs is 1. The zero-order valence-electron chi connectivity index (χ0n) is 10.1. The predicted molar refractivity (Wildman–Crippen MR) is 71.1 cm³/mol. The Kier molecular flexibility index (Phi) is 4.91. The summed E-state index contributed by atoms with van der Waals surface area (Å²) in [5.41, 5.74) is 7.89. The van der Waals surface area contributed by atoms with Crippen molar-refractivity contribution in [3.63, 3.8) is 0 Å². The maximum absolute atomic E-state index is 9.10. The number of nitrogens with two attached hydrogens (primary N) is 1. The van der Waals surface area contributed by atoms with Gasteiger partial charge in [-0.3, -0.25) is 0 Å². The molecule has 0 aliphatic rings. The Morgan fingerprint density at radius 3 is 2.32 bits per heavy atom. The lowest BCUT2D eigenvalue weighted by Crippen LogP contribution is -2.09. The first kappa shape index (κ1) is 15.0. The van der Waals surface area contributed by atoms with Crippen LogP contribution in [-0.4, -0.2) is 26.7 Å². The molecule has 0 amide bonds. The molecule has 102 valence electrons. The van der Waals surface area contributed by atoms with E-state index in [0.717, 1.165) is 16.1 Å². The average molecular weight is 285 g/mol. The highest BCUT2D eigenvalue weighted by atomic mass is 35.5. The molecule has 1 aromatic heterocycles. The van der Waals surface area contributed by atoms with Crippen molar-refractivity contribution in [2.75, 3.05) is 0 Å². The van der Waals surface area contributed by atoms with Gasteiger partial charge < -0.3 is 20.5 Å². The van der Waals surface area contributed by atoms with Crippen LogP contribution in [0.5, 0.6) is 0 Å². The first-order valence-corrected chi connectivity index (χ1v) is 5.64. The van der Waals surface area contributed by atoms with E-state index in [4.69, 9.17) is 37.1 Å². The third kappa shape index (κ3) is 3.70. The van der Waals surface area contributed by atoms with Gasteiger partial charge in [0, 0.05) is 35.2 Å². The van der Waals surface area contributed by atoms with E-state index in [1.807, 2.05) is 25.2 Å². The number of aryl methyl sites for hydroxylation is 1. The third-order valence-corrected chi connectivity index (χ3v) is 2.73. The van der Waals surface area contributed by atoms with E-state index in [0.29, 0.717) is 6.54 Å². The summed E-state index contributed by atoms with van der Waals surface area (Å²) >= 11 is 5.88. The number of aliphatic carboxylic acids is 2. The van der Waals surface area contributed by atoms with Crippen molar-refractivity contribution in [1.82, 2.24) is 4.57 Å². The summed E-state index contributed by atoms with van der Waals surface area (Å²) in [6.07, 6.45) is 0. The van der Waals surface area contributed by atoms with Crippen LogP contribution >= 0.6 is 11.6 Å². The number of hydrogen-bond acceptors (Lipinski definition) is 3. The number of carboxylic acids is 2. The van der Waals surface area contributed by atoms with E-state index in [1.54, 1.807) is 0 Å². The molecule has 0 aliphatic carbocycles. The molecule has 0 unspecified atom stereocenters. The van der Waals surface area contributed by atoms with Gasteiger partial charge in [-0.1, -0.05) is 11.6 Å². The Labute approximate surface area is 114 Å². The zero-order valence-corrected chi connectivity index (χ0v) is 10.9. The molecule has 0 atom stereocenters. The van der Waals surface area contributed by atoms with E-state index >= 15 is 0 Å². The molecule has 0 spiro atoms. The smallest absolute Gasteiger partial charge is 0.414 e. The summed E-state index contributed by atoms with van der Waals surface area (Å²) in [5.74, 6) is -3.65. The van der Waals surface area contributed by atoms with Crippen LogP contribution in [0, 0.1) is 0 Å². The molecule has 0 fully saturated rings. The van der Waals surface area contributed by atoms with Gasteiger partial charge in [0.25, 0.3) is 0 Å². The number of hydrogen-bond donors (Lipinski definition) is 3. The van der Waals surface area contributed by atoms with Crippen molar-refractivity contribution < 1.29 is 19.8 Å². The Morgan fingerprint density at radius 1 is 1.26 bits per heavy atom. The van der Waals surface area contributed by atoms with Crippen LogP contribution in [0.15, 0.2) is 24.3 Å². The zero-order chi connectivity index (χ0) is 14.6. The van der Waals surface area contributed by atoms with E-state index in [2.05, 4.69) is 10.6 Å². The normalized spacial score (nSPS) is 9.84. The van der Waals surface area contributed by atoms with E-state index in [1.165, 1.54) is 5.52 Å². The fourth-order valence-corrected chi connectivity index (χ4v) is 1.75. The number of benzene rings is 1. The van der Waals surface area contributed by atoms with E-state index in [-0.39, 0.29) is 0 Å². The van der Waals surface area contributed by atoms with E-state index in [9.17, 15) is 0 Å². The Hall–Kier alpha value is -2.05. The fourth-order valence-electron chi connectivity index (χ4n) is 1.57. The van der Waals surface area contributed by atoms with Gasteiger partial charge in [-0.25, -0.2) is 9.59 Å². The van der Waals surface area contributed by atoms with Crippen LogP contribution in [0.1, 0.15) is 5.69 Å². The maximum Gasteiger partial charge on any atom is 0.414 e.